The summed E-state index contributed by atoms with van der Waals surface area (Å²) in [5.74, 6) is -0.00508. The van der Waals surface area contributed by atoms with E-state index in [1.54, 1.807) is 0 Å². The highest BCUT2D eigenvalue weighted by molar-refractivity contribution is 9.10. The maximum atomic E-state index is 11.9. The minimum atomic E-state index is -0.292. The Morgan fingerprint density at radius 1 is 1.40 bits per heavy atom. The molecule has 0 unspecified atom stereocenters. The molecular weight excluding hydrogens is 320 g/mol. The highest BCUT2D eigenvalue weighted by Crippen LogP contribution is 2.22. The zero-order valence-corrected chi connectivity index (χ0v) is 13.3. The van der Waals surface area contributed by atoms with Gasteiger partial charge in [0.15, 0.2) is 0 Å². The maximum absolute atomic E-state index is 11.9. The molecule has 0 aliphatic heterocycles. The standard InChI is InChI=1S/C15H21BrN2O2/c1-18(13-3-2-4-14(13)19)10-15(20)17-9-11-5-7-12(16)8-6-11/h5-8,13-14,19H,2-4,9-10H2,1H3,(H,17,20)/t13-,14+/m0/s1. The molecular formula is C15H21BrN2O2. The quantitative estimate of drug-likeness (QED) is 0.860. The van der Waals surface area contributed by atoms with Crippen LogP contribution in [0.3, 0.4) is 0 Å². The van der Waals surface area contributed by atoms with Gasteiger partial charge in [0.25, 0.3) is 0 Å². The number of hydrogen-bond donors (Lipinski definition) is 2. The monoisotopic (exact) mass is 340 g/mol. The second kappa shape index (κ2) is 7.20. The van der Waals surface area contributed by atoms with Gasteiger partial charge in [-0.3, -0.25) is 9.69 Å². The average Bonchev–Trinajstić information content (AvgIpc) is 2.84. The smallest absolute Gasteiger partial charge is 0.234 e. The molecule has 1 aromatic carbocycles. The fourth-order valence-electron chi connectivity index (χ4n) is 2.64. The highest BCUT2D eigenvalue weighted by atomic mass is 79.9. The van der Waals surface area contributed by atoms with Crippen molar-refractivity contribution in [1.82, 2.24) is 10.2 Å². The fraction of sp³-hybridized carbons (Fsp3) is 0.533. The Labute approximate surface area is 128 Å². The zero-order valence-electron chi connectivity index (χ0n) is 11.7. The number of carbonyl (C=O) groups excluding carboxylic acids is 1. The molecule has 2 N–H and O–H groups in total. The molecule has 1 saturated carbocycles. The molecule has 1 aliphatic rings. The molecule has 0 saturated heterocycles. The molecule has 0 heterocycles. The lowest BCUT2D eigenvalue weighted by Gasteiger charge is -2.26. The van der Waals surface area contributed by atoms with Crippen molar-refractivity contribution in [3.05, 3.63) is 34.3 Å². The van der Waals surface area contributed by atoms with Gasteiger partial charge in [0.1, 0.15) is 0 Å². The van der Waals surface area contributed by atoms with Gasteiger partial charge in [-0.15, -0.1) is 0 Å². The van der Waals surface area contributed by atoms with E-state index in [1.165, 1.54) is 0 Å². The summed E-state index contributed by atoms with van der Waals surface area (Å²) in [7, 11) is 1.90. The molecule has 20 heavy (non-hydrogen) atoms. The van der Waals surface area contributed by atoms with Crippen LogP contribution in [0.4, 0.5) is 0 Å². The summed E-state index contributed by atoms with van der Waals surface area (Å²) in [5, 5.41) is 12.7. The van der Waals surface area contributed by atoms with Gasteiger partial charge < -0.3 is 10.4 Å². The molecule has 0 radical (unpaired) electrons. The van der Waals surface area contributed by atoms with E-state index in [-0.39, 0.29) is 18.1 Å². The number of halogens is 1. The topological polar surface area (TPSA) is 52.6 Å². The molecule has 1 aromatic rings. The van der Waals surface area contributed by atoms with E-state index in [2.05, 4.69) is 21.2 Å². The Morgan fingerprint density at radius 3 is 2.70 bits per heavy atom. The lowest BCUT2D eigenvalue weighted by Crippen LogP contribution is -2.43. The van der Waals surface area contributed by atoms with Gasteiger partial charge in [-0.05, 0) is 44.0 Å². The molecule has 1 fully saturated rings. The van der Waals surface area contributed by atoms with Gasteiger partial charge in [-0.2, -0.15) is 0 Å². The van der Waals surface area contributed by atoms with Crippen molar-refractivity contribution in [1.29, 1.82) is 0 Å². The van der Waals surface area contributed by atoms with Crippen LogP contribution in [0.5, 0.6) is 0 Å². The molecule has 0 aromatic heterocycles. The van der Waals surface area contributed by atoms with Crippen LogP contribution in [0.15, 0.2) is 28.7 Å². The summed E-state index contributed by atoms with van der Waals surface area (Å²) in [6, 6.07) is 8.00. The van der Waals surface area contributed by atoms with Crippen LogP contribution >= 0.6 is 15.9 Å². The van der Waals surface area contributed by atoms with Crippen molar-refractivity contribution < 1.29 is 9.90 Å². The van der Waals surface area contributed by atoms with Crippen molar-refractivity contribution >= 4 is 21.8 Å². The minimum Gasteiger partial charge on any atom is -0.391 e. The Bertz CT molecular complexity index is 450. The summed E-state index contributed by atoms with van der Waals surface area (Å²) in [5.41, 5.74) is 1.07. The van der Waals surface area contributed by atoms with E-state index in [0.29, 0.717) is 13.1 Å². The van der Waals surface area contributed by atoms with Crippen LogP contribution in [0.1, 0.15) is 24.8 Å². The molecule has 110 valence electrons. The second-order valence-corrected chi connectivity index (χ2v) is 6.30. The van der Waals surface area contributed by atoms with Crippen LogP contribution < -0.4 is 5.32 Å². The number of hydrogen-bond acceptors (Lipinski definition) is 3. The first-order chi connectivity index (χ1) is 9.56. The Hall–Kier alpha value is -0.910. The van der Waals surface area contributed by atoms with Crippen molar-refractivity contribution in [2.24, 2.45) is 0 Å². The lowest BCUT2D eigenvalue weighted by atomic mass is 10.2. The summed E-state index contributed by atoms with van der Waals surface area (Å²) in [6.45, 7) is 0.866. The summed E-state index contributed by atoms with van der Waals surface area (Å²) in [4.78, 5) is 13.9. The summed E-state index contributed by atoms with van der Waals surface area (Å²) >= 11 is 3.38. The van der Waals surface area contributed by atoms with Crippen LogP contribution in [0.25, 0.3) is 0 Å². The number of nitrogens with one attached hydrogen (secondary N) is 1. The molecule has 2 atom stereocenters. The van der Waals surface area contributed by atoms with Gasteiger partial charge in [-0.25, -0.2) is 0 Å². The number of aliphatic hydroxyl groups excluding tert-OH is 1. The van der Waals surface area contributed by atoms with Crippen molar-refractivity contribution in [2.45, 2.75) is 38.0 Å². The molecule has 0 bridgehead atoms. The molecule has 5 heteroatoms. The van der Waals surface area contributed by atoms with Crippen LogP contribution in [0.2, 0.25) is 0 Å². The number of carbonyl (C=O) groups is 1. The first-order valence-electron chi connectivity index (χ1n) is 6.95. The second-order valence-electron chi connectivity index (χ2n) is 5.38. The van der Waals surface area contributed by atoms with Gasteiger partial charge in [-0.1, -0.05) is 28.1 Å². The van der Waals surface area contributed by atoms with Gasteiger partial charge in [0, 0.05) is 17.1 Å². The van der Waals surface area contributed by atoms with Crippen LogP contribution in [0, 0.1) is 0 Å². The van der Waals surface area contributed by atoms with E-state index in [9.17, 15) is 9.90 Å². The Balaban J connectivity index is 1.76. The van der Waals surface area contributed by atoms with Gasteiger partial charge in [0.05, 0.1) is 12.6 Å². The Morgan fingerprint density at radius 2 is 2.10 bits per heavy atom. The minimum absolute atomic E-state index is 0.00508. The SMILES string of the molecule is CN(CC(=O)NCc1ccc(Br)cc1)[C@H]1CCC[C@H]1O. The number of rotatable bonds is 5. The largest absolute Gasteiger partial charge is 0.391 e. The van der Waals surface area contributed by atoms with E-state index < -0.39 is 0 Å². The van der Waals surface area contributed by atoms with E-state index in [1.807, 2.05) is 36.2 Å². The molecule has 2 rings (SSSR count). The number of aliphatic hydroxyl groups is 1. The predicted octanol–water partition coefficient (Wildman–Crippen LogP) is 1.91. The van der Waals surface area contributed by atoms with Gasteiger partial charge in [0.2, 0.25) is 5.91 Å². The fourth-order valence-corrected chi connectivity index (χ4v) is 2.90. The zero-order chi connectivity index (χ0) is 14.5. The number of benzene rings is 1. The first-order valence-corrected chi connectivity index (χ1v) is 7.75. The Kier molecular flexibility index (Phi) is 5.57. The molecule has 0 spiro atoms. The predicted molar refractivity (Wildman–Crippen MR) is 82.3 cm³/mol. The van der Waals surface area contributed by atoms with Crippen LogP contribution in [-0.4, -0.2) is 41.7 Å². The normalized spacial score (nSPS) is 22.2. The average molecular weight is 341 g/mol. The third kappa shape index (κ3) is 4.30. The first kappa shape index (κ1) is 15.5. The lowest BCUT2D eigenvalue weighted by molar-refractivity contribution is -0.122. The number of nitrogens with zero attached hydrogens (tertiary/aromatic N) is 1. The molecule has 1 aliphatic carbocycles. The van der Waals surface area contributed by atoms with Crippen molar-refractivity contribution in [3.63, 3.8) is 0 Å². The maximum Gasteiger partial charge on any atom is 0.234 e. The van der Waals surface area contributed by atoms with Crippen LogP contribution in [-0.2, 0) is 11.3 Å². The van der Waals surface area contributed by atoms with Gasteiger partial charge >= 0.3 is 0 Å². The summed E-state index contributed by atoms with van der Waals surface area (Å²) in [6.07, 6.45) is 2.56. The third-order valence-corrected chi connectivity index (χ3v) is 4.33. The number of amides is 1. The van der Waals surface area contributed by atoms with E-state index >= 15 is 0 Å². The summed E-state index contributed by atoms with van der Waals surface area (Å²) < 4.78 is 1.03. The van der Waals surface area contributed by atoms with Crippen molar-refractivity contribution in [2.75, 3.05) is 13.6 Å². The molecule has 4 nitrogen and oxygen atoms in total. The number of likely N-dealkylation sites (N-methyl/N-ethyl adjacent to an activating group) is 1. The molecule has 1 amide bonds. The highest BCUT2D eigenvalue weighted by Gasteiger charge is 2.29. The van der Waals surface area contributed by atoms with E-state index in [0.717, 1.165) is 29.3 Å². The third-order valence-electron chi connectivity index (χ3n) is 3.81. The van der Waals surface area contributed by atoms with Crippen molar-refractivity contribution in [3.8, 4) is 0 Å². The van der Waals surface area contributed by atoms with E-state index in [4.69, 9.17) is 0 Å².